The topological polar surface area (TPSA) is 104 Å². The first-order valence-corrected chi connectivity index (χ1v) is 7.97. The van der Waals surface area contributed by atoms with Gasteiger partial charge in [-0.05, 0) is 44.5 Å². The fraction of sp³-hybridized carbons (Fsp3) is 0.357. The Morgan fingerprint density at radius 1 is 1.29 bits per heavy atom. The van der Waals surface area contributed by atoms with Gasteiger partial charge in [0.1, 0.15) is 5.75 Å². The molecular formula is C14H21NO5S. The van der Waals surface area contributed by atoms with Crippen molar-refractivity contribution in [3.63, 3.8) is 0 Å². The summed E-state index contributed by atoms with van der Waals surface area (Å²) in [5.74, 6) is -0.0932. The Balaban J connectivity index is 0.000000567. The molecule has 0 bridgehead atoms. The van der Waals surface area contributed by atoms with Crippen LogP contribution in [0.1, 0.15) is 26.3 Å². The van der Waals surface area contributed by atoms with Gasteiger partial charge in [0.15, 0.2) is 0 Å². The quantitative estimate of drug-likeness (QED) is 0.581. The van der Waals surface area contributed by atoms with Crippen molar-refractivity contribution < 1.29 is 22.9 Å². The van der Waals surface area contributed by atoms with Crippen molar-refractivity contribution in [2.75, 3.05) is 5.75 Å². The Labute approximate surface area is 125 Å². The first-order valence-electron chi connectivity index (χ1n) is 6.36. The van der Waals surface area contributed by atoms with Gasteiger partial charge in [0, 0.05) is 12.1 Å². The van der Waals surface area contributed by atoms with E-state index in [0.717, 1.165) is 5.56 Å². The molecule has 1 amide bonds. The highest BCUT2D eigenvalue weighted by molar-refractivity contribution is 7.85. The third-order valence-corrected chi connectivity index (χ3v) is 2.85. The first-order chi connectivity index (χ1) is 9.64. The molecule has 0 radical (unpaired) electrons. The Hall–Kier alpha value is -1.86. The van der Waals surface area contributed by atoms with E-state index in [1.165, 1.54) is 13.0 Å². The average Bonchev–Trinajstić information content (AvgIpc) is 2.37. The monoisotopic (exact) mass is 315 g/mol. The minimum absolute atomic E-state index is 0.113. The van der Waals surface area contributed by atoms with Gasteiger partial charge in [0.2, 0.25) is 5.91 Å². The first kappa shape index (κ1) is 19.1. The van der Waals surface area contributed by atoms with Crippen molar-refractivity contribution in [1.29, 1.82) is 0 Å². The van der Waals surface area contributed by atoms with E-state index < -0.39 is 10.1 Å². The summed E-state index contributed by atoms with van der Waals surface area (Å²) in [5, 5.41) is 11.8. The third kappa shape index (κ3) is 11.6. The number of nitrogens with one attached hydrogen (secondary N) is 1. The largest absolute Gasteiger partial charge is 0.508 e. The summed E-state index contributed by atoms with van der Waals surface area (Å²) in [7, 11) is -3.66. The lowest BCUT2D eigenvalue weighted by Gasteiger charge is -2.03. The second kappa shape index (κ2) is 9.15. The maximum absolute atomic E-state index is 11.2. The third-order valence-electron chi connectivity index (χ3n) is 2.12. The zero-order valence-corrected chi connectivity index (χ0v) is 13.1. The minimum atomic E-state index is -3.66. The van der Waals surface area contributed by atoms with Gasteiger partial charge in [0.05, 0.1) is 5.75 Å². The van der Waals surface area contributed by atoms with Crippen LogP contribution in [0.4, 0.5) is 0 Å². The molecule has 0 aliphatic heterocycles. The molecule has 0 unspecified atom stereocenters. The Bertz CT molecular complexity index is 562. The summed E-state index contributed by atoms with van der Waals surface area (Å²) in [4.78, 5) is 11.2. The highest BCUT2D eigenvalue weighted by Gasteiger charge is 1.97. The highest BCUT2D eigenvalue weighted by atomic mass is 32.2. The van der Waals surface area contributed by atoms with E-state index in [1.807, 2.05) is 13.8 Å². The van der Waals surface area contributed by atoms with Crippen LogP contribution in [0.15, 0.2) is 30.3 Å². The molecule has 0 fully saturated rings. The van der Waals surface area contributed by atoms with E-state index in [-0.39, 0.29) is 23.5 Å². The van der Waals surface area contributed by atoms with Crippen LogP contribution in [0, 0.1) is 0 Å². The molecule has 0 spiro atoms. The van der Waals surface area contributed by atoms with Gasteiger partial charge >= 0.3 is 0 Å². The Morgan fingerprint density at radius 2 is 1.76 bits per heavy atom. The SMILES string of the molecule is CC(C)NC(=O)C=Cc1ccc(O)cc1.CCS(=O)(=O)O. The van der Waals surface area contributed by atoms with Crippen molar-refractivity contribution in [1.82, 2.24) is 5.32 Å². The van der Waals surface area contributed by atoms with E-state index in [4.69, 9.17) is 9.66 Å². The van der Waals surface area contributed by atoms with Crippen molar-refractivity contribution in [3.05, 3.63) is 35.9 Å². The molecule has 21 heavy (non-hydrogen) atoms. The molecule has 0 saturated carbocycles. The number of amides is 1. The van der Waals surface area contributed by atoms with E-state index in [2.05, 4.69) is 5.32 Å². The predicted octanol–water partition coefficient (Wildman–Crippen LogP) is 1.82. The fourth-order valence-electron chi connectivity index (χ4n) is 1.09. The van der Waals surface area contributed by atoms with Crippen LogP contribution in [-0.2, 0) is 14.9 Å². The van der Waals surface area contributed by atoms with Crippen molar-refractivity contribution in [2.45, 2.75) is 26.8 Å². The van der Waals surface area contributed by atoms with Gasteiger partial charge < -0.3 is 10.4 Å². The maximum atomic E-state index is 11.2. The number of phenolic OH excluding ortho intramolecular Hbond substituents is 1. The van der Waals surface area contributed by atoms with Gasteiger partial charge in [0.25, 0.3) is 10.1 Å². The highest BCUT2D eigenvalue weighted by Crippen LogP contribution is 2.10. The van der Waals surface area contributed by atoms with E-state index in [9.17, 15) is 13.2 Å². The molecule has 0 heterocycles. The van der Waals surface area contributed by atoms with Crippen LogP contribution in [0.25, 0.3) is 6.08 Å². The summed E-state index contributed by atoms with van der Waals surface area (Å²) in [6.07, 6.45) is 3.18. The number of phenols is 1. The lowest BCUT2D eigenvalue weighted by Crippen LogP contribution is -2.28. The smallest absolute Gasteiger partial charge is 0.264 e. The predicted molar refractivity (Wildman–Crippen MR) is 82.5 cm³/mol. The van der Waals surface area contributed by atoms with Crippen LogP contribution in [0.5, 0.6) is 5.75 Å². The molecule has 3 N–H and O–H groups in total. The average molecular weight is 315 g/mol. The molecule has 0 aromatic heterocycles. The van der Waals surface area contributed by atoms with Crippen LogP contribution in [-0.4, -0.2) is 35.8 Å². The summed E-state index contributed by atoms with van der Waals surface area (Å²) in [6.45, 7) is 5.19. The van der Waals surface area contributed by atoms with Gasteiger partial charge in [-0.1, -0.05) is 12.1 Å². The maximum Gasteiger partial charge on any atom is 0.264 e. The molecule has 7 heteroatoms. The molecule has 0 saturated heterocycles. The summed E-state index contributed by atoms with van der Waals surface area (Å²) in [5.41, 5.74) is 0.881. The van der Waals surface area contributed by atoms with Gasteiger partial charge in [-0.15, -0.1) is 0 Å². The lowest BCUT2D eigenvalue weighted by atomic mass is 10.2. The number of rotatable bonds is 4. The molecule has 0 aliphatic rings. The number of carbonyl (C=O) groups is 1. The van der Waals surface area contributed by atoms with E-state index in [1.54, 1.807) is 30.3 Å². The normalized spacial score (nSPS) is 11.1. The van der Waals surface area contributed by atoms with Crippen molar-refractivity contribution >= 4 is 22.1 Å². The van der Waals surface area contributed by atoms with Crippen molar-refractivity contribution in [2.24, 2.45) is 0 Å². The summed E-state index contributed by atoms with van der Waals surface area (Å²) < 4.78 is 26.9. The Kier molecular flexibility index (Phi) is 8.34. The van der Waals surface area contributed by atoms with Gasteiger partial charge in [-0.3, -0.25) is 9.35 Å². The molecule has 0 atom stereocenters. The van der Waals surface area contributed by atoms with Gasteiger partial charge in [-0.25, -0.2) is 0 Å². The molecule has 1 aromatic rings. The van der Waals surface area contributed by atoms with E-state index >= 15 is 0 Å². The van der Waals surface area contributed by atoms with Crippen LogP contribution < -0.4 is 5.32 Å². The molecular weight excluding hydrogens is 294 g/mol. The van der Waals surface area contributed by atoms with Crippen LogP contribution in [0.3, 0.4) is 0 Å². The molecule has 118 valence electrons. The number of benzene rings is 1. The minimum Gasteiger partial charge on any atom is -0.508 e. The standard InChI is InChI=1S/C12H15NO2.C2H6O3S/c1-9(2)13-12(15)8-5-10-3-6-11(14)7-4-10;1-2-6(3,4)5/h3-9,14H,1-2H3,(H,13,15);2H2,1H3,(H,3,4,5). The van der Waals surface area contributed by atoms with Crippen LogP contribution >= 0.6 is 0 Å². The molecule has 6 nitrogen and oxygen atoms in total. The van der Waals surface area contributed by atoms with E-state index in [0.29, 0.717) is 0 Å². The lowest BCUT2D eigenvalue weighted by molar-refractivity contribution is -0.116. The second-order valence-corrected chi connectivity index (χ2v) is 6.20. The number of hydrogen-bond acceptors (Lipinski definition) is 4. The second-order valence-electron chi connectivity index (χ2n) is 4.46. The molecule has 0 aliphatic carbocycles. The zero-order valence-electron chi connectivity index (χ0n) is 12.3. The summed E-state index contributed by atoms with van der Waals surface area (Å²) >= 11 is 0. The van der Waals surface area contributed by atoms with Crippen molar-refractivity contribution in [3.8, 4) is 5.75 Å². The zero-order chi connectivity index (χ0) is 16.5. The molecule has 1 rings (SSSR count). The van der Waals surface area contributed by atoms with Crippen LogP contribution in [0.2, 0.25) is 0 Å². The number of carbonyl (C=O) groups excluding carboxylic acids is 1. The molecule has 1 aromatic carbocycles. The number of aromatic hydroxyl groups is 1. The summed E-state index contributed by atoms with van der Waals surface area (Å²) in [6, 6.07) is 6.80. The fourth-order valence-corrected chi connectivity index (χ4v) is 1.09. The Morgan fingerprint density at radius 3 is 2.14 bits per heavy atom. The number of hydrogen-bond donors (Lipinski definition) is 3. The van der Waals surface area contributed by atoms with Gasteiger partial charge in [-0.2, -0.15) is 8.42 Å².